The summed E-state index contributed by atoms with van der Waals surface area (Å²) in [4.78, 5) is 2.22. The van der Waals surface area contributed by atoms with Gasteiger partial charge in [0.2, 0.25) is 0 Å². The molecule has 1 saturated heterocycles. The molecule has 1 fully saturated rings. The van der Waals surface area contributed by atoms with Gasteiger partial charge < -0.3 is 4.74 Å². The van der Waals surface area contributed by atoms with Crippen LogP contribution >= 0.6 is 0 Å². The highest BCUT2D eigenvalue weighted by atomic mass is 16.5. The third kappa shape index (κ3) is 2.47. The van der Waals surface area contributed by atoms with Crippen molar-refractivity contribution in [2.75, 3.05) is 26.8 Å². The molecule has 1 heterocycles. The molecule has 0 bridgehead atoms. The minimum atomic E-state index is 0.133. The van der Waals surface area contributed by atoms with Crippen LogP contribution < -0.4 is 0 Å². The zero-order chi connectivity index (χ0) is 8.81. The van der Waals surface area contributed by atoms with E-state index in [1.807, 2.05) is 0 Å². The number of hydrogen-bond acceptors (Lipinski definition) is 3. The summed E-state index contributed by atoms with van der Waals surface area (Å²) in [6, 6.07) is 2.47. The van der Waals surface area contributed by atoms with Gasteiger partial charge in [-0.25, -0.2) is 0 Å². The number of nitrogens with zero attached hydrogens (tertiary/aromatic N) is 2. The molecule has 0 saturated carbocycles. The van der Waals surface area contributed by atoms with E-state index in [4.69, 9.17) is 10.00 Å². The van der Waals surface area contributed by atoms with E-state index >= 15 is 0 Å². The van der Waals surface area contributed by atoms with Gasteiger partial charge in [0.15, 0.2) is 0 Å². The summed E-state index contributed by atoms with van der Waals surface area (Å²) in [5.74, 6) is 0. The van der Waals surface area contributed by atoms with Crippen molar-refractivity contribution >= 4 is 0 Å². The normalized spacial score (nSPS) is 25.2. The number of likely N-dealkylation sites (tertiary alicyclic amines) is 1. The van der Waals surface area contributed by atoms with E-state index in [1.165, 1.54) is 12.8 Å². The van der Waals surface area contributed by atoms with Gasteiger partial charge in [-0.1, -0.05) is 0 Å². The Morgan fingerprint density at radius 1 is 1.58 bits per heavy atom. The third-order valence-electron chi connectivity index (χ3n) is 2.35. The minimum absolute atomic E-state index is 0.133. The van der Waals surface area contributed by atoms with E-state index in [9.17, 15) is 0 Å². The van der Waals surface area contributed by atoms with Gasteiger partial charge in [-0.2, -0.15) is 5.26 Å². The van der Waals surface area contributed by atoms with Gasteiger partial charge in [0.05, 0.1) is 18.7 Å². The Morgan fingerprint density at radius 3 is 3.08 bits per heavy atom. The van der Waals surface area contributed by atoms with Crippen molar-refractivity contribution in [1.29, 1.82) is 5.26 Å². The summed E-state index contributed by atoms with van der Waals surface area (Å²) < 4.78 is 4.99. The predicted molar refractivity (Wildman–Crippen MR) is 46.7 cm³/mol. The van der Waals surface area contributed by atoms with E-state index in [0.717, 1.165) is 26.1 Å². The second-order valence-electron chi connectivity index (χ2n) is 3.17. The second kappa shape index (κ2) is 5.13. The van der Waals surface area contributed by atoms with Crippen molar-refractivity contribution in [3.05, 3.63) is 0 Å². The van der Waals surface area contributed by atoms with Gasteiger partial charge in [0.25, 0.3) is 0 Å². The monoisotopic (exact) mass is 168 g/mol. The number of methoxy groups -OCH3 is 1. The van der Waals surface area contributed by atoms with Crippen molar-refractivity contribution in [3.8, 4) is 6.07 Å². The van der Waals surface area contributed by atoms with Crippen LogP contribution in [0.2, 0.25) is 0 Å². The summed E-state index contributed by atoms with van der Waals surface area (Å²) in [6.45, 7) is 2.69. The Kier molecular flexibility index (Phi) is 4.06. The Morgan fingerprint density at radius 2 is 2.42 bits per heavy atom. The molecule has 0 aromatic carbocycles. The van der Waals surface area contributed by atoms with Gasteiger partial charge in [-0.3, -0.25) is 4.90 Å². The predicted octanol–water partition coefficient (Wildman–Crippen LogP) is 1.01. The molecule has 12 heavy (non-hydrogen) atoms. The Bertz CT molecular complexity index is 164. The van der Waals surface area contributed by atoms with Gasteiger partial charge in [-0.05, 0) is 25.8 Å². The van der Waals surface area contributed by atoms with Crippen molar-refractivity contribution < 1.29 is 4.74 Å². The summed E-state index contributed by atoms with van der Waals surface area (Å²) in [5, 5.41) is 8.83. The van der Waals surface area contributed by atoms with Crippen LogP contribution in [-0.4, -0.2) is 37.7 Å². The summed E-state index contributed by atoms with van der Waals surface area (Å²) in [5.41, 5.74) is 0. The fourth-order valence-corrected chi connectivity index (χ4v) is 1.61. The molecule has 0 spiro atoms. The molecule has 68 valence electrons. The first-order chi connectivity index (χ1) is 5.88. The number of hydrogen-bond donors (Lipinski definition) is 0. The second-order valence-corrected chi connectivity index (χ2v) is 3.17. The molecule has 0 radical (unpaired) electrons. The van der Waals surface area contributed by atoms with Gasteiger partial charge in [-0.15, -0.1) is 0 Å². The van der Waals surface area contributed by atoms with Crippen LogP contribution in [0.3, 0.4) is 0 Å². The largest absolute Gasteiger partial charge is 0.383 e. The molecule has 1 aliphatic rings. The van der Waals surface area contributed by atoms with Crippen LogP contribution in [0.5, 0.6) is 0 Å². The molecule has 0 N–H and O–H groups in total. The van der Waals surface area contributed by atoms with Crippen LogP contribution in [0.4, 0.5) is 0 Å². The molecule has 1 rings (SSSR count). The topological polar surface area (TPSA) is 36.3 Å². The van der Waals surface area contributed by atoms with Crippen LogP contribution in [0.1, 0.15) is 19.3 Å². The molecule has 0 aromatic rings. The molecular weight excluding hydrogens is 152 g/mol. The lowest BCUT2D eigenvalue weighted by Crippen LogP contribution is -2.40. The van der Waals surface area contributed by atoms with Crippen LogP contribution in [0, 0.1) is 11.3 Å². The molecule has 0 aliphatic carbocycles. The third-order valence-corrected chi connectivity index (χ3v) is 2.35. The maximum absolute atomic E-state index is 8.83. The van der Waals surface area contributed by atoms with Crippen LogP contribution in [-0.2, 0) is 4.74 Å². The zero-order valence-corrected chi connectivity index (χ0v) is 7.62. The molecule has 1 unspecified atom stereocenters. The van der Waals surface area contributed by atoms with Crippen molar-refractivity contribution in [2.45, 2.75) is 25.3 Å². The number of piperidine rings is 1. The summed E-state index contributed by atoms with van der Waals surface area (Å²) >= 11 is 0. The molecule has 0 amide bonds. The van der Waals surface area contributed by atoms with Gasteiger partial charge in [0, 0.05) is 13.7 Å². The SMILES string of the molecule is COCCN1CCCCC1C#N. The first-order valence-corrected chi connectivity index (χ1v) is 4.51. The Labute approximate surface area is 73.9 Å². The smallest absolute Gasteiger partial charge is 0.0978 e. The molecule has 3 heteroatoms. The Balaban J connectivity index is 2.32. The average molecular weight is 168 g/mol. The fraction of sp³-hybridized carbons (Fsp3) is 0.889. The standard InChI is InChI=1S/C9H16N2O/c1-12-7-6-11-5-3-2-4-9(11)8-10/h9H,2-7H2,1H3. The van der Waals surface area contributed by atoms with Crippen molar-refractivity contribution in [1.82, 2.24) is 4.90 Å². The van der Waals surface area contributed by atoms with Crippen LogP contribution in [0.15, 0.2) is 0 Å². The fourth-order valence-electron chi connectivity index (χ4n) is 1.61. The Hall–Kier alpha value is -0.590. The average Bonchev–Trinajstić information content (AvgIpc) is 2.15. The minimum Gasteiger partial charge on any atom is -0.383 e. The molecule has 1 atom stereocenters. The molecule has 3 nitrogen and oxygen atoms in total. The molecule has 0 aromatic heterocycles. The first kappa shape index (κ1) is 9.50. The summed E-state index contributed by atoms with van der Waals surface area (Å²) in [6.07, 6.45) is 3.45. The van der Waals surface area contributed by atoms with Crippen LogP contribution in [0.25, 0.3) is 0 Å². The maximum atomic E-state index is 8.83. The highest BCUT2D eigenvalue weighted by Gasteiger charge is 2.20. The van der Waals surface area contributed by atoms with Crippen molar-refractivity contribution in [2.24, 2.45) is 0 Å². The zero-order valence-electron chi connectivity index (χ0n) is 7.62. The number of nitriles is 1. The van der Waals surface area contributed by atoms with E-state index in [0.29, 0.717) is 0 Å². The first-order valence-electron chi connectivity index (χ1n) is 4.51. The lowest BCUT2D eigenvalue weighted by molar-refractivity contribution is 0.116. The number of ether oxygens (including phenoxy) is 1. The molecule has 1 aliphatic heterocycles. The number of rotatable bonds is 3. The highest BCUT2D eigenvalue weighted by Crippen LogP contribution is 2.15. The van der Waals surface area contributed by atoms with E-state index in [-0.39, 0.29) is 6.04 Å². The van der Waals surface area contributed by atoms with E-state index in [1.54, 1.807) is 7.11 Å². The van der Waals surface area contributed by atoms with E-state index < -0.39 is 0 Å². The van der Waals surface area contributed by atoms with E-state index in [2.05, 4.69) is 11.0 Å². The summed E-state index contributed by atoms with van der Waals surface area (Å²) in [7, 11) is 1.70. The lowest BCUT2D eigenvalue weighted by atomic mass is 10.0. The van der Waals surface area contributed by atoms with Gasteiger partial charge >= 0.3 is 0 Å². The lowest BCUT2D eigenvalue weighted by Gasteiger charge is -2.30. The highest BCUT2D eigenvalue weighted by molar-refractivity contribution is 4.93. The maximum Gasteiger partial charge on any atom is 0.0978 e. The van der Waals surface area contributed by atoms with Gasteiger partial charge in [0.1, 0.15) is 0 Å². The quantitative estimate of drug-likeness (QED) is 0.631. The van der Waals surface area contributed by atoms with Crippen molar-refractivity contribution in [3.63, 3.8) is 0 Å². The molecular formula is C9H16N2O.